The van der Waals surface area contributed by atoms with Gasteiger partial charge >= 0.3 is 0 Å². The number of aryl methyl sites for hydroxylation is 2. The van der Waals surface area contributed by atoms with Crippen molar-refractivity contribution in [3.05, 3.63) is 58.7 Å². The maximum Gasteiger partial charge on any atom is 0.0456 e. The van der Waals surface area contributed by atoms with Crippen LogP contribution < -0.4 is 10.2 Å². The maximum absolute atomic E-state index is 3.48. The summed E-state index contributed by atoms with van der Waals surface area (Å²) in [6.07, 6.45) is 1.13. The molecule has 2 aromatic carbocycles. The fraction of sp³-hybridized carbons (Fsp3) is 0.333. The Hall–Kier alpha value is -1.80. The fourth-order valence-corrected chi connectivity index (χ4v) is 3.09. The number of anilines is 2. The predicted molar refractivity (Wildman–Crippen MR) is 85.8 cm³/mol. The van der Waals surface area contributed by atoms with E-state index in [1.54, 1.807) is 0 Å². The Morgan fingerprint density at radius 2 is 1.80 bits per heavy atom. The third-order valence-corrected chi connectivity index (χ3v) is 4.08. The highest BCUT2D eigenvalue weighted by atomic mass is 15.1. The molecule has 0 amide bonds. The number of hydrogen-bond acceptors (Lipinski definition) is 2. The Bertz CT molecular complexity index is 611. The number of benzene rings is 2. The molecule has 0 unspecified atom stereocenters. The molecule has 0 atom stereocenters. The van der Waals surface area contributed by atoms with Gasteiger partial charge in [-0.25, -0.2) is 0 Å². The third-order valence-electron chi connectivity index (χ3n) is 4.08. The van der Waals surface area contributed by atoms with Gasteiger partial charge in [0.25, 0.3) is 0 Å². The van der Waals surface area contributed by atoms with E-state index in [0.29, 0.717) is 0 Å². The molecule has 0 bridgehead atoms. The van der Waals surface area contributed by atoms with Crippen LogP contribution in [0.15, 0.2) is 36.4 Å². The minimum absolute atomic E-state index is 0.973. The smallest absolute Gasteiger partial charge is 0.0456 e. The van der Waals surface area contributed by atoms with Crippen LogP contribution in [0.4, 0.5) is 11.4 Å². The minimum Gasteiger partial charge on any atom is -0.344 e. The van der Waals surface area contributed by atoms with Gasteiger partial charge in [0.2, 0.25) is 0 Å². The molecule has 2 heteroatoms. The van der Waals surface area contributed by atoms with Crippen molar-refractivity contribution in [1.29, 1.82) is 0 Å². The molecular formula is C18H22N2. The van der Waals surface area contributed by atoms with Crippen molar-refractivity contribution in [2.45, 2.75) is 26.8 Å². The van der Waals surface area contributed by atoms with Crippen molar-refractivity contribution in [1.82, 2.24) is 5.32 Å². The summed E-state index contributed by atoms with van der Waals surface area (Å²) in [6, 6.07) is 13.4. The first-order valence-corrected chi connectivity index (χ1v) is 7.28. The second-order valence-corrected chi connectivity index (χ2v) is 5.75. The van der Waals surface area contributed by atoms with Gasteiger partial charge in [-0.3, -0.25) is 0 Å². The van der Waals surface area contributed by atoms with Gasteiger partial charge in [-0.15, -0.1) is 0 Å². The van der Waals surface area contributed by atoms with Gasteiger partial charge in [0.05, 0.1) is 0 Å². The summed E-state index contributed by atoms with van der Waals surface area (Å²) in [5, 5.41) is 3.48. The molecule has 0 aliphatic carbocycles. The molecule has 20 heavy (non-hydrogen) atoms. The van der Waals surface area contributed by atoms with Gasteiger partial charge in [-0.05, 0) is 67.3 Å². The lowest BCUT2D eigenvalue weighted by Crippen LogP contribution is -2.26. The van der Waals surface area contributed by atoms with E-state index in [1.165, 1.54) is 33.6 Å². The van der Waals surface area contributed by atoms with Gasteiger partial charge in [-0.2, -0.15) is 0 Å². The molecule has 0 fully saturated rings. The van der Waals surface area contributed by atoms with Gasteiger partial charge in [0.1, 0.15) is 0 Å². The zero-order chi connectivity index (χ0) is 14.1. The summed E-state index contributed by atoms with van der Waals surface area (Å²) in [5.74, 6) is 0. The van der Waals surface area contributed by atoms with Crippen LogP contribution in [0, 0.1) is 13.8 Å². The second kappa shape index (κ2) is 5.29. The first-order valence-electron chi connectivity index (χ1n) is 7.28. The second-order valence-electron chi connectivity index (χ2n) is 5.75. The normalized spacial score (nSPS) is 13.9. The summed E-state index contributed by atoms with van der Waals surface area (Å²) in [7, 11) is 2.17. The van der Waals surface area contributed by atoms with E-state index in [0.717, 1.165) is 19.5 Å². The summed E-state index contributed by atoms with van der Waals surface area (Å²) in [4.78, 5) is 2.31. The maximum atomic E-state index is 3.48. The molecule has 3 rings (SSSR count). The summed E-state index contributed by atoms with van der Waals surface area (Å²) in [5.41, 5.74) is 8.14. The zero-order valence-corrected chi connectivity index (χ0v) is 12.5. The molecule has 1 aliphatic heterocycles. The average molecular weight is 266 g/mol. The molecule has 0 spiro atoms. The highest BCUT2D eigenvalue weighted by Crippen LogP contribution is 2.31. The molecule has 0 radical (unpaired) electrons. The van der Waals surface area contributed by atoms with Gasteiger partial charge in [0, 0.05) is 25.0 Å². The van der Waals surface area contributed by atoms with Gasteiger partial charge in [0.15, 0.2) is 0 Å². The highest BCUT2D eigenvalue weighted by molar-refractivity contribution is 5.68. The Kier molecular flexibility index (Phi) is 3.49. The largest absolute Gasteiger partial charge is 0.344 e. The molecule has 1 N–H and O–H groups in total. The third kappa shape index (κ3) is 2.44. The van der Waals surface area contributed by atoms with Crippen LogP contribution in [0.25, 0.3) is 0 Å². The van der Waals surface area contributed by atoms with Gasteiger partial charge < -0.3 is 10.2 Å². The molecule has 1 heterocycles. The number of hydrogen-bond donors (Lipinski definition) is 1. The molecule has 2 aromatic rings. The van der Waals surface area contributed by atoms with E-state index in [-0.39, 0.29) is 0 Å². The van der Waals surface area contributed by atoms with Crippen LogP contribution in [0.1, 0.15) is 22.3 Å². The summed E-state index contributed by atoms with van der Waals surface area (Å²) in [6.45, 7) is 6.38. The van der Waals surface area contributed by atoms with Crippen LogP contribution >= 0.6 is 0 Å². The van der Waals surface area contributed by atoms with Crippen LogP contribution in [0.2, 0.25) is 0 Å². The van der Waals surface area contributed by atoms with E-state index in [1.807, 2.05) is 0 Å². The Labute approximate surface area is 121 Å². The first kappa shape index (κ1) is 13.2. The monoisotopic (exact) mass is 266 g/mol. The first-order chi connectivity index (χ1) is 9.65. The molecular weight excluding hydrogens is 244 g/mol. The van der Waals surface area contributed by atoms with Crippen molar-refractivity contribution in [3.63, 3.8) is 0 Å². The molecule has 2 nitrogen and oxygen atoms in total. The van der Waals surface area contributed by atoms with Crippen molar-refractivity contribution in [3.8, 4) is 0 Å². The summed E-state index contributed by atoms with van der Waals surface area (Å²) >= 11 is 0. The van der Waals surface area contributed by atoms with Crippen LogP contribution in [-0.4, -0.2) is 13.6 Å². The minimum atomic E-state index is 0.973. The molecule has 104 valence electrons. The lowest BCUT2D eigenvalue weighted by molar-refractivity contribution is 0.643. The van der Waals surface area contributed by atoms with E-state index in [2.05, 4.69) is 67.5 Å². The predicted octanol–water partition coefficient (Wildman–Crippen LogP) is 3.72. The zero-order valence-electron chi connectivity index (χ0n) is 12.5. The topological polar surface area (TPSA) is 15.3 Å². The van der Waals surface area contributed by atoms with Crippen molar-refractivity contribution in [2.75, 3.05) is 18.5 Å². The van der Waals surface area contributed by atoms with Crippen molar-refractivity contribution in [2.24, 2.45) is 0 Å². The highest BCUT2D eigenvalue weighted by Gasteiger charge is 2.15. The lowest BCUT2D eigenvalue weighted by Gasteiger charge is -2.27. The number of rotatable bonds is 2. The SMILES string of the molecule is Cc1cc(C)cc(N(C)c2cccc3c2CNCC3)c1. The summed E-state index contributed by atoms with van der Waals surface area (Å²) < 4.78 is 0. The molecule has 0 saturated heterocycles. The molecule has 0 aromatic heterocycles. The molecule has 1 aliphatic rings. The van der Waals surface area contributed by atoms with Gasteiger partial charge in [-0.1, -0.05) is 18.2 Å². The Morgan fingerprint density at radius 1 is 1.05 bits per heavy atom. The fourth-order valence-electron chi connectivity index (χ4n) is 3.09. The molecule has 0 saturated carbocycles. The average Bonchev–Trinajstić information content (AvgIpc) is 2.45. The number of nitrogens with one attached hydrogen (secondary N) is 1. The van der Waals surface area contributed by atoms with Crippen LogP contribution in [-0.2, 0) is 13.0 Å². The quantitative estimate of drug-likeness (QED) is 0.891. The Balaban J connectivity index is 2.04. The van der Waals surface area contributed by atoms with Crippen molar-refractivity contribution < 1.29 is 0 Å². The Morgan fingerprint density at radius 3 is 2.55 bits per heavy atom. The van der Waals surface area contributed by atoms with Crippen LogP contribution in [0.3, 0.4) is 0 Å². The van der Waals surface area contributed by atoms with E-state index in [9.17, 15) is 0 Å². The van der Waals surface area contributed by atoms with Crippen LogP contribution in [0.5, 0.6) is 0 Å². The van der Waals surface area contributed by atoms with E-state index in [4.69, 9.17) is 0 Å². The number of nitrogens with zero attached hydrogens (tertiary/aromatic N) is 1. The standard InChI is InChI=1S/C18H22N2/c1-13-9-14(2)11-16(10-13)20(3)18-6-4-5-15-7-8-19-12-17(15)18/h4-6,9-11,19H,7-8,12H2,1-3H3. The van der Waals surface area contributed by atoms with Crippen molar-refractivity contribution >= 4 is 11.4 Å². The number of fused-ring (bicyclic) bond motifs is 1. The lowest BCUT2D eigenvalue weighted by atomic mass is 9.98. The van der Waals surface area contributed by atoms with E-state index < -0.39 is 0 Å². The van der Waals surface area contributed by atoms with E-state index >= 15 is 0 Å².